The lowest BCUT2D eigenvalue weighted by Crippen LogP contribution is -2.33. The second-order valence-corrected chi connectivity index (χ2v) is 10.8. The molecule has 2 aliphatic rings. The Labute approximate surface area is 223 Å². The van der Waals surface area contributed by atoms with Crippen molar-refractivity contribution in [1.29, 1.82) is 0 Å². The van der Waals surface area contributed by atoms with Crippen molar-refractivity contribution in [3.63, 3.8) is 0 Å². The number of halogens is 1. The molecule has 8 heteroatoms. The van der Waals surface area contributed by atoms with Crippen LogP contribution in [0.2, 0.25) is 5.02 Å². The van der Waals surface area contributed by atoms with E-state index in [-0.39, 0.29) is 17.8 Å². The molecule has 0 radical (unpaired) electrons. The second kappa shape index (κ2) is 11.5. The van der Waals surface area contributed by atoms with E-state index in [0.717, 1.165) is 55.4 Å². The Morgan fingerprint density at radius 2 is 1.86 bits per heavy atom. The highest BCUT2D eigenvalue weighted by atomic mass is 35.5. The summed E-state index contributed by atoms with van der Waals surface area (Å²) < 4.78 is 6.96. The van der Waals surface area contributed by atoms with Gasteiger partial charge >= 0.3 is 5.97 Å². The van der Waals surface area contributed by atoms with Gasteiger partial charge in [0.15, 0.2) is 0 Å². The van der Waals surface area contributed by atoms with Crippen LogP contribution in [-0.2, 0) is 16.1 Å². The molecule has 0 atom stereocenters. The van der Waals surface area contributed by atoms with Gasteiger partial charge in [-0.25, -0.2) is 0 Å². The summed E-state index contributed by atoms with van der Waals surface area (Å²) in [4.78, 5) is 32.2. The van der Waals surface area contributed by atoms with Crippen LogP contribution < -0.4 is 10.2 Å². The van der Waals surface area contributed by atoms with Gasteiger partial charge < -0.3 is 19.5 Å². The Hall–Kier alpha value is -3.06. The average molecular weight is 523 g/mol. The van der Waals surface area contributed by atoms with E-state index in [2.05, 4.69) is 26.9 Å². The normalized spacial score (nSPS) is 20.1. The fourth-order valence-corrected chi connectivity index (χ4v) is 5.97. The van der Waals surface area contributed by atoms with Gasteiger partial charge in [-0.05, 0) is 81.2 Å². The van der Waals surface area contributed by atoms with Crippen molar-refractivity contribution in [2.24, 2.45) is 11.8 Å². The van der Waals surface area contributed by atoms with Gasteiger partial charge in [0, 0.05) is 36.2 Å². The number of fused-ring (bicyclic) bond motifs is 1. The van der Waals surface area contributed by atoms with Crippen LogP contribution in [0, 0.1) is 11.8 Å². The van der Waals surface area contributed by atoms with Crippen LogP contribution in [0.25, 0.3) is 10.9 Å². The molecule has 1 aliphatic heterocycles. The Morgan fingerprint density at radius 3 is 2.57 bits per heavy atom. The van der Waals surface area contributed by atoms with E-state index < -0.39 is 0 Å². The molecule has 1 N–H and O–H groups in total. The molecule has 1 amide bonds. The summed E-state index contributed by atoms with van der Waals surface area (Å²) in [6, 6.07) is 9.87. The molecule has 7 nitrogen and oxygen atoms in total. The molecule has 5 rings (SSSR count). The predicted octanol–water partition coefficient (Wildman–Crippen LogP) is 5.44. The van der Waals surface area contributed by atoms with E-state index in [1.165, 1.54) is 32.1 Å². The van der Waals surface area contributed by atoms with E-state index in [1.54, 1.807) is 6.07 Å². The van der Waals surface area contributed by atoms with Crippen LogP contribution in [0.15, 0.2) is 42.7 Å². The molecule has 0 unspecified atom stereocenters. The maximum Gasteiger partial charge on any atom is 0.308 e. The zero-order valence-corrected chi connectivity index (χ0v) is 22.2. The first-order valence-corrected chi connectivity index (χ1v) is 13.7. The molecule has 1 saturated carbocycles. The quantitative estimate of drug-likeness (QED) is 0.418. The van der Waals surface area contributed by atoms with Gasteiger partial charge in [-0.1, -0.05) is 11.6 Å². The highest BCUT2D eigenvalue weighted by Crippen LogP contribution is 2.30. The number of ether oxygens (including phenoxy) is 1. The number of methoxy groups -OCH3 is 1. The number of piperidine rings is 1. The van der Waals surface area contributed by atoms with Crippen molar-refractivity contribution in [2.45, 2.75) is 51.5 Å². The Balaban J connectivity index is 1.27. The summed E-state index contributed by atoms with van der Waals surface area (Å²) in [6.07, 6.45) is 11.2. The molecular formula is C29H35ClN4O3. The Morgan fingerprint density at radius 1 is 1.08 bits per heavy atom. The molecule has 1 saturated heterocycles. The van der Waals surface area contributed by atoms with Crippen LogP contribution in [0.3, 0.4) is 0 Å². The second-order valence-electron chi connectivity index (χ2n) is 10.3. The van der Waals surface area contributed by atoms with Crippen LogP contribution in [0.5, 0.6) is 0 Å². The van der Waals surface area contributed by atoms with E-state index in [1.807, 2.05) is 24.5 Å². The molecule has 37 heavy (non-hydrogen) atoms. The van der Waals surface area contributed by atoms with Gasteiger partial charge in [-0.15, -0.1) is 0 Å². The molecule has 0 bridgehead atoms. The number of nitrogens with zero attached hydrogens (tertiary/aromatic N) is 3. The summed E-state index contributed by atoms with van der Waals surface area (Å²) in [6.45, 7) is 3.34. The number of nitrogens with one attached hydrogen (secondary N) is 1. The first kappa shape index (κ1) is 25.6. The largest absolute Gasteiger partial charge is 0.469 e. The maximum atomic E-state index is 13.3. The zero-order chi connectivity index (χ0) is 25.8. The number of hydrogen-bond donors (Lipinski definition) is 1. The van der Waals surface area contributed by atoms with Gasteiger partial charge in [-0.2, -0.15) is 0 Å². The van der Waals surface area contributed by atoms with E-state index in [0.29, 0.717) is 29.6 Å². The number of amides is 1. The fourth-order valence-electron chi connectivity index (χ4n) is 5.74. The third-order valence-corrected chi connectivity index (χ3v) is 8.08. The molecular weight excluding hydrogens is 488 g/mol. The lowest BCUT2D eigenvalue weighted by atomic mass is 9.82. The van der Waals surface area contributed by atoms with Crippen LogP contribution >= 0.6 is 11.6 Å². The summed E-state index contributed by atoms with van der Waals surface area (Å²) in [5, 5.41) is 4.59. The molecule has 1 aliphatic carbocycles. The SMILES string of the molecule is COC(=O)[C@H]1CC[C@H](CNC(=O)c2cc(Cl)cc3ccn(Cc4ccc(N5CCCCC5)cn4)c23)CC1. The Bertz CT molecular complexity index is 1240. The summed E-state index contributed by atoms with van der Waals surface area (Å²) in [5.74, 6) is 0.0837. The number of carbonyl (C=O) groups excluding carboxylic acids is 2. The van der Waals surface area contributed by atoms with Crippen molar-refractivity contribution in [3.8, 4) is 0 Å². The first-order chi connectivity index (χ1) is 18.0. The number of hydrogen-bond acceptors (Lipinski definition) is 5. The van der Waals surface area contributed by atoms with Crippen LogP contribution in [0.1, 0.15) is 61.0 Å². The van der Waals surface area contributed by atoms with Crippen LogP contribution in [-0.4, -0.2) is 48.2 Å². The minimum atomic E-state index is -0.129. The fraction of sp³-hybridized carbons (Fsp3) is 0.483. The van der Waals surface area contributed by atoms with Gasteiger partial charge in [0.25, 0.3) is 5.91 Å². The van der Waals surface area contributed by atoms with Gasteiger partial charge in [0.05, 0.1) is 48.2 Å². The minimum absolute atomic E-state index is 0.0182. The number of rotatable bonds is 7. The summed E-state index contributed by atoms with van der Waals surface area (Å²) in [7, 11) is 1.44. The number of aromatic nitrogens is 2. The molecule has 1 aromatic carbocycles. The zero-order valence-electron chi connectivity index (χ0n) is 21.4. The summed E-state index contributed by atoms with van der Waals surface area (Å²) >= 11 is 6.39. The molecule has 0 spiro atoms. The van der Waals surface area contributed by atoms with Crippen molar-refractivity contribution in [3.05, 3.63) is 59.0 Å². The standard InChI is InChI=1S/C29H35ClN4O3/c1-37-29(36)21-7-5-20(6-8-21)17-32-28(35)26-16-23(30)15-22-11-14-34(27(22)26)19-24-9-10-25(18-31-24)33-12-3-2-4-13-33/h9-11,14-16,18,20-21H,2-8,12-13,17,19H2,1H3,(H,32,35)/t20-,21-. The third kappa shape index (κ3) is 5.93. The monoisotopic (exact) mass is 522 g/mol. The lowest BCUT2D eigenvalue weighted by molar-refractivity contribution is -0.146. The number of carbonyl (C=O) groups is 2. The van der Waals surface area contributed by atoms with Crippen molar-refractivity contribution >= 4 is 40.1 Å². The van der Waals surface area contributed by atoms with Crippen LogP contribution in [0.4, 0.5) is 5.69 Å². The van der Waals surface area contributed by atoms with Crippen molar-refractivity contribution in [2.75, 3.05) is 31.6 Å². The smallest absolute Gasteiger partial charge is 0.308 e. The first-order valence-electron chi connectivity index (χ1n) is 13.4. The number of anilines is 1. The number of benzene rings is 1. The van der Waals surface area contributed by atoms with Crippen molar-refractivity contribution < 1.29 is 14.3 Å². The number of esters is 1. The highest BCUT2D eigenvalue weighted by molar-refractivity contribution is 6.32. The van der Waals surface area contributed by atoms with Gasteiger partial charge in [-0.3, -0.25) is 14.6 Å². The highest BCUT2D eigenvalue weighted by Gasteiger charge is 2.27. The lowest BCUT2D eigenvalue weighted by Gasteiger charge is -2.28. The minimum Gasteiger partial charge on any atom is -0.469 e. The third-order valence-electron chi connectivity index (χ3n) is 7.87. The molecule has 3 heterocycles. The van der Waals surface area contributed by atoms with Crippen molar-refractivity contribution in [1.82, 2.24) is 14.9 Å². The maximum absolute atomic E-state index is 13.3. The van der Waals surface area contributed by atoms with E-state index >= 15 is 0 Å². The summed E-state index contributed by atoms with van der Waals surface area (Å²) in [5.41, 5.74) is 3.55. The van der Waals surface area contributed by atoms with E-state index in [4.69, 9.17) is 21.3 Å². The average Bonchev–Trinajstić information content (AvgIpc) is 3.34. The molecule has 196 valence electrons. The van der Waals surface area contributed by atoms with Gasteiger partial charge in [0.1, 0.15) is 0 Å². The predicted molar refractivity (Wildman–Crippen MR) is 146 cm³/mol. The molecule has 2 aromatic heterocycles. The molecule has 3 aromatic rings. The number of pyridine rings is 1. The van der Waals surface area contributed by atoms with Gasteiger partial charge in [0.2, 0.25) is 0 Å². The topological polar surface area (TPSA) is 76.5 Å². The van der Waals surface area contributed by atoms with E-state index in [9.17, 15) is 9.59 Å². The molecule has 2 fully saturated rings. The Kier molecular flexibility index (Phi) is 7.99.